The molecule has 0 saturated carbocycles. The summed E-state index contributed by atoms with van der Waals surface area (Å²) in [5.41, 5.74) is 7.64. The summed E-state index contributed by atoms with van der Waals surface area (Å²) in [4.78, 5) is 4.39. The lowest BCUT2D eigenvalue weighted by molar-refractivity contribution is 0.581. The number of hydrogen-bond acceptors (Lipinski definition) is 5. The lowest BCUT2D eigenvalue weighted by Crippen LogP contribution is -2.26. The highest BCUT2D eigenvalue weighted by Crippen LogP contribution is 2.16. The highest BCUT2D eigenvalue weighted by Gasteiger charge is 2.15. The van der Waals surface area contributed by atoms with E-state index in [4.69, 9.17) is 5.73 Å². The number of sulfonamides is 1. The third kappa shape index (κ3) is 4.10. The monoisotopic (exact) mass is 325 g/mol. The number of rotatable bonds is 7. The molecule has 0 aliphatic rings. The van der Waals surface area contributed by atoms with Gasteiger partial charge in [-0.3, -0.25) is 0 Å². The molecule has 0 unspecified atom stereocenters. The molecule has 0 aliphatic heterocycles. The van der Waals surface area contributed by atoms with Gasteiger partial charge >= 0.3 is 0 Å². The molecular formula is C14H19N3O2S2. The zero-order chi connectivity index (χ0) is 15.3. The molecule has 1 aromatic carbocycles. The van der Waals surface area contributed by atoms with Crippen molar-refractivity contribution in [2.24, 2.45) is 5.73 Å². The topological polar surface area (TPSA) is 85.1 Å². The molecule has 0 atom stereocenters. The maximum absolute atomic E-state index is 12.3. The van der Waals surface area contributed by atoms with Gasteiger partial charge in [0.1, 0.15) is 0 Å². The third-order valence-electron chi connectivity index (χ3n) is 3.20. The SMILES string of the molecule is CCc1ccc(S(=O)(=O)NCCc2nccs2)cc1CN. The number of benzene rings is 1. The molecule has 114 valence electrons. The van der Waals surface area contributed by atoms with Crippen LogP contribution in [0.25, 0.3) is 0 Å². The fourth-order valence-corrected chi connectivity index (χ4v) is 3.76. The predicted octanol–water partition coefficient (Wildman–Crippen LogP) is 1.69. The molecule has 0 bridgehead atoms. The molecule has 0 amide bonds. The van der Waals surface area contributed by atoms with E-state index in [-0.39, 0.29) is 4.90 Å². The van der Waals surface area contributed by atoms with Gasteiger partial charge in [0.25, 0.3) is 0 Å². The molecule has 1 aromatic heterocycles. The maximum atomic E-state index is 12.3. The number of nitrogens with one attached hydrogen (secondary N) is 1. The van der Waals surface area contributed by atoms with Crippen molar-refractivity contribution < 1.29 is 8.42 Å². The summed E-state index contributed by atoms with van der Waals surface area (Å²) in [7, 11) is -3.50. The number of aryl methyl sites for hydroxylation is 1. The summed E-state index contributed by atoms with van der Waals surface area (Å²) in [6, 6.07) is 5.12. The van der Waals surface area contributed by atoms with E-state index in [9.17, 15) is 8.42 Å². The third-order valence-corrected chi connectivity index (χ3v) is 5.50. The fraction of sp³-hybridized carbons (Fsp3) is 0.357. The zero-order valence-corrected chi connectivity index (χ0v) is 13.5. The molecule has 7 heteroatoms. The van der Waals surface area contributed by atoms with E-state index in [1.165, 1.54) is 11.3 Å². The Morgan fingerprint density at radius 3 is 2.76 bits per heavy atom. The molecule has 0 radical (unpaired) electrons. The quantitative estimate of drug-likeness (QED) is 0.811. The first-order valence-electron chi connectivity index (χ1n) is 6.76. The van der Waals surface area contributed by atoms with Crippen LogP contribution < -0.4 is 10.5 Å². The lowest BCUT2D eigenvalue weighted by atomic mass is 10.1. The van der Waals surface area contributed by atoms with Crippen LogP contribution in [-0.2, 0) is 29.4 Å². The highest BCUT2D eigenvalue weighted by atomic mass is 32.2. The second-order valence-corrected chi connectivity index (χ2v) is 7.31. The number of thiazole rings is 1. The van der Waals surface area contributed by atoms with Crippen LogP contribution in [0.3, 0.4) is 0 Å². The smallest absolute Gasteiger partial charge is 0.240 e. The summed E-state index contributed by atoms with van der Waals surface area (Å²) in [5.74, 6) is 0. The van der Waals surface area contributed by atoms with Gasteiger partial charge in [-0.2, -0.15) is 0 Å². The van der Waals surface area contributed by atoms with Crippen LogP contribution in [0.15, 0.2) is 34.7 Å². The van der Waals surface area contributed by atoms with Crippen molar-refractivity contribution in [3.8, 4) is 0 Å². The van der Waals surface area contributed by atoms with Gasteiger partial charge in [-0.15, -0.1) is 11.3 Å². The minimum Gasteiger partial charge on any atom is -0.326 e. The van der Waals surface area contributed by atoms with Crippen molar-refractivity contribution in [3.63, 3.8) is 0 Å². The van der Waals surface area contributed by atoms with E-state index < -0.39 is 10.0 Å². The van der Waals surface area contributed by atoms with Crippen LogP contribution in [-0.4, -0.2) is 19.9 Å². The van der Waals surface area contributed by atoms with Gasteiger partial charge in [-0.05, 0) is 29.7 Å². The van der Waals surface area contributed by atoms with Crippen LogP contribution >= 0.6 is 11.3 Å². The minimum absolute atomic E-state index is 0.263. The van der Waals surface area contributed by atoms with Crippen LogP contribution in [0.5, 0.6) is 0 Å². The van der Waals surface area contributed by atoms with E-state index in [0.717, 1.165) is 22.6 Å². The number of hydrogen-bond donors (Lipinski definition) is 2. The van der Waals surface area contributed by atoms with Crippen molar-refractivity contribution in [1.29, 1.82) is 0 Å². The molecule has 0 saturated heterocycles. The number of nitrogens with zero attached hydrogens (tertiary/aromatic N) is 1. The largest absolute Gasteiger partial charge is 0.326 e. The summed E-state index contributed by atoms with van der Waals surface area (Å²) in [5, 5.41) is 2.79. The predicted molar refractivity (Wildman–Crippen MR) is 84.7 cm³/mol. The van der Waals surface area contributed by atoms with Crippen molar-refractivity contribution in [3.05, 3.63) is 45.9 Å². The zero-order valence-electron chi connectivity index (χ0n) is 11.9. The molecule has 0 aliphatic carbocycles. The Labute approximate surface area is 129 Å². The Morgan fingerprint density at radius 1 is 1.33 bits per heavy atom. The van der Waals surface area contributed by atoms with Gasteiger partial charge in [0.15, 0.2) is 0 Å². The summed E-state index contributed by atoms with van der Waals surface area (Å²) >= 11 is 1.52. The molecule has 2 aromatic rings. The van der Waals surface area contributed by atoms with Crippen LogP contribution in [0.2, 0.25) is 0 Å². The number of nitrogens with two attached hydrogens (primary N) is 1. The highest BCUT2D eigenvalue weighted by molar-refractivity contribution is 7.89. The first kappa shape index (κ1) is 16.1. The van der Waals surface area contributed by atoms with E-state index in [1.54, 1.807) is 18.3 Å². The second-order valence-electron chi connectivity index (χ2n) is 4.56. The van der Waals surface area contributed by atoms with Gasteiger partial charge in [0, 0.05) is 31.1 Å². The molecule has 2 rings (SSSR count). The Bertz CT molecular complexity index is 682. The van der Waals surface area contributed by atoms with Crippen LogP contribution in [0.4, 0.5) is 0 Å². The molecule has 21 heavy (non-hydrogen) atoms. The van der Waals surface area contributed by atoms with Crippen LogP contribution in [0, 0.1) is 0 Å². The Hall–Kier alpha value is -1.28. The van der Waals surface area contributed by atoms with E-state index in [2.05, 4.69) is 9.71 Å². The van der Waals surface area contributed by atoms with Crippen molar-refractivity contribution in [2.75, 3.05) is 6.54 Å². The molecule has 0 fully saturated rings. The Morgan fingerprint density at radius 2 is 2.14 bits per heavy atom. The average molecular weight is 325 g/mol. The maximum Gasteiger partial charge on any atom is 0.240 e. The minimum atomic E-state index is -3.50. The first-order chi connectivity index (χ1) is 10.1. The standard InChI is InChI=1S/C14H19N3O2S2/c1-2-11-3-4-13(9-12(11)10-15)21(18,19)17-6-5-14-16-7-8-20-14/h3-4,7-9,17H,2,5-6,10,15H2,1H3. The summed E-state index contributed by atoms with van der Waals surface area (Å²) in [6.07, 6.45) is 3.14. The second kappa shape index (κ2) is 7.13. The first-order valence-corrected chi connectivity index (χ1v) is 9.13. The van der Waals surface area contributed by atoms with Crippen molar-refractivity contribution >= 4 is 21.4 Å². The normalized spacial score (nSPS) is 11.7. The Kier molecular flexibility index (Phi) is 5.46. The molecule has 1 heterocycles. The molecule has 5 nitrogen and oxygen atoms in total. The number of aromatic nitrogens is 1. The lowest BCUT2D eigenvalue weighted by Gasteiger charge is -2.10. The van der Waals surface area contributed by atoms with Gasteiger partial charge in [0.2, 0.25) is 10.0 Å². The molecule has 3 N–H and O–H groups in total. The summed E-state index contributed by atoms with van der Waals surface area (Å²) < 4.78 is 27.1. The van der Waals surface area contributed by atoms with E-state index in [1.807, 2.05) is 18.4 Å². The van der Waals surface area contributed by atoms with E-state index >= 15 is 0 Å². The fourth-order valence-electron chi connectivity index (χ4n) is 2.06. The van der Waals surface area contributed by atoms with Gasteiger partial charge in [-0.1, -0.05) is 13.0 Å². The molecule has 0 spiro atoms. The van der Waals surface area contributed by atoms with Gasteiger partial charge < -0.3 is 5.73 Å². The van der Waals surface area contributed by atoms with Crippen LogP contribution in [0.1, 0.15) is 23.1 Å². The Balaban J connectivity index is 2.08. The van der Waals surface area contributed by atoms with Crippen molar-refractivity contribution in [1.82, 2.24) is 9.71 Å². The van der Waals surface area contributed by atoms with Gasteiger partial charge in [0.05, 0.1) is 9.90 Å². The van der Waals surface area contributed by atoms with Gasteiger partial charge in [-0.25, -0.2) is 18.1 Å². The van der Waals surface area contributed by atoms with Crippen molar-refractivity contribution in [2.45, 2.75) is 31.2 Å². The van der Waals surface area contributed by atoms with E-state index in [0.29, 0.717) is 19.5 Å². The molecular weight excluding hydrogens is 306 g/mol. The summed E-state index contributed by atoms with van der Waals surface area (Å²) in [6.45, 7) is 2.70. The average Bonchev–Trinajstić information content (AvgIpc) is 2.99.